The molecule has 0 bridgehead atoms. The number of rotatable bonds is 3. The van der Waals surface area contributed by atoms with E-state index in [0.717, 1.165) is 33.4 Å². The predicted molar refractivity (Wildman–Crippen MR) is 91.2 cm³/mol. The molecule has 0 unspecified atom stereocenters. The van der Waals surface area contributed by atoms with Crippen molar-refractivity contribution in [2.24, 2.45) is 7.05 Å². The highest BCUT2D eigenvalue weighted by Gasteiger charge is 2.11. The van der Waals surface area contributed by atoms with Gasteiger partial charge in [0.1, 0.15) is 5.69 Å². The minimum atomic E-state index is 0.612. The Morgan fingerprint density at radius 3 is 2.62 bits per heavy atom. The van der Waals surface area contributed by atoms with Gasteiger partial charge in [0.05, 0.1) is 17.8 Å². The van der Waals surface area contributed by atoms with E-state index < -0.39 is 0 Å². The largest absolute Gasteiger partial charge is 0.275 e. The second kappa shape index (κ2) is 5.52. The maximum atomic E-state index is 4.77. The standard InChI is InChI=1S/C17H17N7/c1-4-24-21-17(19-22-24)12-5-6-13-11(2)9-16(18-15(13)10-12)14-7-8-23(3)20-14/h5-10H,4H2,1-3H3. The Morgan fingerprint density at radius 1 is 1.04 bits per heavy atom. The monoisotopic (exact) mass is 319 g/mol. The average Bonchev–Trinajstić information content (AvgIpc) is 3.23. The number of fused-ring (bicyclic) bond motifs is 1. The fourth-order valence-electron chi connectivity index (χ4n) is 2.72. The molecule has 0 saturated carbocycles. The Balaban J connectivity index is 1.85. The lowest BCUT2D eigenvalue weighted by molar-refractivity contribution is 0.553. The van der Waals surface area contributed by atoms with E-state index in [1.807, 2.05) is 38.4 Å². The van der Waals surface area contributed by atoms with E-state index in [4.69, 9.17) is 4.98 Å². The van der Waals surface area contributed by atoms with Crippen LogP contribution in [0.1, 0.15) is 12.5 Å². The number of nitrogens with zero attached hydrogens (tertiary/aromatic N) is 7. The number of hydrogen-bond donors (Lipinski definition) is 0. The van der Waals surface area contributed by atoms with Gasteiger partial charge in [0.15, 0.2) is 0 Å². The first-order chi connectivity index (χ1) is 11.6. The van der Waals surface area contributed by atoms with Crippen LogP contribution in [0.3, 0.4) is 0 Å². The van der Waals surface area contributed by atoms with Crippen molar-refractivity contribution in [2.45, 2.75) is 20.4 Å². The minimum Gasteiger partial charge on any atom is -0.275 e. The molecule has 7 heteroatoms. The smallest absolute Gasteiger partial charge is 0.204 e. The van der Waals surface area contributed by atoms with Gasteiger partial charge < -0.3 is 0 Å². The minimum absolute atomic E-state index is 0.612. The van der Waals surface area contributed by atoms with Crippen molar-refractivity contribution in [1.82, 2.24) is 35.0 Å². The van der Waals surface area contributed by atoms with Crippen LogP contribution in [0.5, 0.6) is 0 Å². The van der Waals surface area contributed by atoms with Gasteiger partial charge in [-0.3, -0.25) is 4.68 Å². The molecule has 0 radical (unpaired) electrons. The van der Waals surface area contributed by atoms with Gasteiger partial charge >= 0.3 is 0 Å². The number of benzene rings is 1. The Labute approximate surface area is 138 Å². The molecule has 4 aromatic rings. The van der Waals surface area contributed by atoms with E-state index in [1.54, 1.807) is 9.48 Å². The van der Waals surface area contributed by atoms with Crippen molar-refractivity contribution in [3.8, 4) is 22.8 Å². The summed E-state index contributed by atoms with van der Waals surface area (Å²) in [6, 6.07) is 10.1. The molecule has 3 heterocycles. The summed E-state index contributed by atoms with van der Waals surface area (Å²) in [7, 11) is 1.90. The quantitative estimate of drug-likeness (QED) is 0.580. The molecule has 7 nitrogen and oxygen atoms in total. The lowest BCUT2D eigenvalue weighted by Gasteiger charge is -2.06. The summed E-state index contributed by atoms with van der Waals surface area (Å²) in [5.41, 5.74) is 4.71. The Morgan fingerprint density at radius 2 is 1.92 bits per heavy atom. The van der Waals surface area contributed by atoms with Crippen LogP contribution < -0.4 is 0 Å². The van der Waals surface area contributed by atoms with Gasteiger partial charge in [0.2, 0.25) is 5.82 Å². The van der Waals surface area contributed by atoms with Gasteiger partial charge in [0, 0.05) is 24.2 Å². The molecular weight excluding hydrogens is 302 g/mol. The van der Waals surface area contributed by atoms with E-state index in [0.29, 0.717) is 12.4 Å². The molecule has 0 spiro atoms. The second-order valence-corrected chi connectivity index (χ2v) is 5.73. The van der Waals surface area contributed by atoms with Crippen molar-refractivity contribution in [1.29, 1.82) is 0 Å². The van der Waals surface area contributed by atoms with E-state index in [-0.39, 0.29) is 0 Å². The van der Waals surface area contributed by atoms with Crippen LogP contribution in [0, 0.1) is 6.92 Å². The van der Waals surface area contributed by atoms with Gasteiger partial charge in [-0.1, -0.05) is 12.1 Å². The molecule has 0 N–H and O–H groups in total. The lowest BCUT2D eigenvalue weighted by atomic mass is 10.1. The molecule has 0 fully saturated rings. The molecule has 24 heavy (non-hydrogen) atoms. The Kier molecular flexibility index (Phi) is 3.34. The molecule has 0 atom stereocenters. The highest BCUT2D eigenvalue weighted by Crippen LogP contribution is 2.26. The van der Waals surface area contributed by atoms with Crippen LogP contribution >= 0.6 is 0 Å². The average molecular weight is 319 g/mol. The number of aromatic nitrogens is 7. The maximum Gasteiger partial charge on any atom is 0.204 e. The topological polar surface area (TPSA) is 74.3 Å². The summed E-state index contributed by atoms with van der Waals surface area (Å²) in [6.45, 7) is 4.76. The summed E-state index contributed by atoms with van der Waals surface area (Å²) in [5, 5.41) is 18.0. The van der Waals surface area contributed by atoms with Crippen LogP contribution in [-0.2, 0) is 13.6 Å². The van der Waals surface area contributed by atoms with Gasteiger partial charge in [-0.2, -0.15) is 9.90 Å². The molecule has 0 saturated heterocycles. The molecule has 3 aromatic heterocycles. The van der Waals surface area contributed by atoms with Crippen LogP contribution in [-0.4, -0.2) is 35.0 Å². The molecule has 0 aliphatic carbocycles. The molecule has 1 aromatic carbocycles. The normalized spacial score (nSPS) is 11.3. The fourth-order valence-corrected chi connectivity index (χ4v) is 2.72. The maximum absolute atomic E-state index is 4.77. The van der Waals surface area contributed by atoms with Crippen LogP contribution in [0.25, 0.3) is 33.7 Å². The van der Waals surface area contributed by atoms with Crippen molar-refractivity contribution in [2.75, 3.05) is 0 Å². The summed E-state index contributed by atoms with van der Waals surface area (Å²) < 4.78 is 1.78. The van der Waals surface area contributed by atoms with Crippen molar-refractivity contribution < 1.29 is 0 Å². The Hall–Kier alpha value is -3.09. The molecule has 4 rings (SSSR count). The number of hydrogen-bond acceptors (Lipinski definition) is 5. The first-order valence-electron chi connectivity index (χ1n) is 7.83. The number of pyridine rings is 1. The van der Waals surface area contributed by atoms with E-state index >= 15 is 0 Å². The third-order valence-corrected chi connectivity index (χ3v) is 3.99. The zero-order valence-corrected chi connectivity index (χ0v) is 13.8. The first kappa shape index (κ1) is 14.5. The summed E-state index contributed by atoms with van der Waals surface area (Å²) >= 11 is 0. The van der Waals surface area contributed by atoms with Crippen molar-refractivity contribution in [3.05, 3.63) is 42.1 Å². The fraction of sp³-hybridized carbons (Fsp3) is 0.235. The highest BCUT2D eigenvalue weighted by atomic mass is 15.6. The molecule has 120 valence electrons. The molecule has 0 aliphatic heterocycles. The molecule has 0 amide bonds. The summed E-state index contributed by atoms with van der Waals surface area (Å²) in [4.78, 5) is 6.35. The predicted octanol–water partition coefficient (Wildman–Crippen LogP) is 2.62. The van der Waals surface area contributed by atoms with Gasteiger partial charge in [0.25, 0.3) is 0 Å². The number of tetrazole rings is 1. The van der Waals surface area contributed by atoms with Gasteiger partial charge in [-0.15, -0.1) is 10.2 Å². The third-order valence-electron chi connectivity index (χ3n) is 3.99. The van der Waals surface area contributed by atoms with Crippen LogP contribution in [0.2, 0.25) is 0 Å². The lowest BCUT2D eigenvalue weighted by Crippen LogP contribution is -1.98. The highest BCUT2D eigenvalue weighted by molar-refractivity contribution is 5.87. The van der Waals surface area contributed by atoms with E-state index in [9.17, 15) is 0 Å². The van der Waals surface area contributed by atoms with E-state index in [1.165, 1.54) is 0 Å². The van der Waals surface area contributed by atoms with Crippen molar-refractivity contribution >= 4 is 10.9 Å². The van der Waals surface area contributed by atoms with Crippen LogP contribution in [0.15, 0.2) is 36.5 Å². The summed E-state index contributed by atoms with van der Waals surface area (Å²) in [6.07, 6.45) is 1.92. The SMILES string of the molecule is CCn1nnc(-c2ccc3c(C)cc(-c4ccn(C)n4)nc3c2)n1. The van der Waals surface area contributed by atoms with Crippen molar-refractivity contribution in [3.63, 3.8) is 0 Å². The zero-order chi connectivity index (χ0) is 16.7. The van der Waals surface area contributed by atoms with E-state index in [2.05, 4.69) is 39.6 Å². The molecular formula is C17H17N7. The zero-order valence-electron chi connectivity index (χ0n) is 13.8. The molecule has 0 aliphatic rings. The van der Waals surface area contributed by atoms with Gasteiger partial charge in [-0.25, -0.2) is 4.98 Å². The second-order valence-electron chi connectivity index (χ2n) is 5.73. The van der Waals surface area contributed by atoms with Gasteiger partial charge in [-0.05, 0) is 42.8 Å². The van der Waals surface area contributed by atoms with Crippen LogP contribution in [0.4, 0.5) is 0 Å². The third kappa shape index (κ3) is 2.44. The first-order valence-corrected chi connectivity index (χ1v) is 7.83. The summed E-state index contributed by atoms with van der Waals surface area (Å²) in [5.74, 6) is 0.612. The Bertz CT molecular complexity index is 1030. The number of aryl methyl sites for hydroxylation is 3.